The number of rotatable bonds is 4. The van der Waals surface area contributed by atoms with Gasteiger partial charge >= 0.3 is 0 Å². The molecule has 0 aliphatic heterocycles. The van der Waals surface area contributed by atoms with Gasteiger partial charge in [0.2, 0.25) is 0 Å². The smallest absolute Gasteiger partial charge is 0.124 e. The van der Waals surface area contributed by atoms with Crippen molar-refractivity contribution in [1.29, 1.82) is 0 Å². The molecule has 0 fully saturated rings. The first-order valence-electron chi connectivity index (χ1n) is 5.42. The van der Waals surface area contributed by atoms with E-state index in [9.17, 15) is 0 Å². The molecule has 18 heavy (non-hydrogen) atoms. The molecule has 1 nitrogen and oxygen atoms in total. The lowest BCUT2D eigenvalue weighted by Crippen LogP contribution is -1.99. The highest BCUT2D eigenvalue weighted by molar-refractivity contribution is 9.11. The van der Waals surface area contributed by atoms with Crippen LogP contribution in [0.5, 0.6) is 5.75 Å². The van der Waals surface area contributed by atoms with E-state index in [1.54, 1.807) is 11.3 Å². The van der Waals surface area contributed by atoms with Gasteiger partial charge in [0.25, 0.3) is 0 Å². The standard InChI is InChI=1S/C13H11Br3OS/c1-2-17-11-4-3-8(14)7-9(11)12(16)13-10(15)5-6-18-13/h3-7,12H,2H2,1H3. The maximum atomic E-state index is 5.69. The van der Waals surface area contributed by atoms with E-state index < -0.39 is 0 Å². The van der Waals surface area contributed by atoms with E-state index in [1.807, 2.05) is 19.1 Å². The Balaban J connectivity index is 2.43. The zero-order valence-electron chi connectivity index (χ0n) is 9.62. The van der Waals surface area contributed by atoms with Crippen LogP contribution in [0.15, 0.2) is 38.6 Å². The van der Waals surface area contributed by atoms with Crippen LogP contribution in [-0.2, 0) is 0 Å². The van der Waals surface area contributed by atoms with Crippen LogP contribution in [0.3, 0.4) is 0 Å². The van der Waals surface area contributed by atoms with Gasteiger partial charge in [-0.1, -0.05) is 31.9 Å². The number of hydrogen-bond donors (Lipinski definition) is 0. The van der Waals surface area contributed by atoms with Crippen LogP contribution >= 0.6 is 59.1 Å². The van der Waals surface area contributed by atoms with Crippen LogP contribution in [0.25, 0.3) is 0 Å². The number of thiophene rings is 1. The van der Waals surface area contributed by atoms with Gasteiger partial charge in [0.15, 0.2) is 0 Å². The first-order chi connectivity index (χ1) is 8.63. The molecule has 0 saturated carbocycles. The van der Waals surface area contributed by atoms with Gasteiger partial charge in [-0.15, -0.1) is 11.3 Å². The summed E-state index contributed by atoms with van der Waals surface area (Å²) >= 11 is 12.6. The molecule has 0 amide bonds. The molecule has 2 aromatic rings. The second-order valence-electron chi connectivity index (χ2n) is 3.61. The summed E-state index contributed by atoms with van der Waals surface area (Å²) < 4.78 is 7.87. The topological polar surface area (TPSA) is 9.23 Å². The average Bonchev–Trinajstić information content (AvgIpc) is 2.77. The van der Waals surface area contributed by atoms with Crippen molar-refractivity contribution in [1.82, 2.24) is 0 Å². The fourth-order valence-corrected chi connectivity index (χ4v) is 4.84. The molecular weight excluding hydrogens is 444 g/mol. The maximum absolute atomic E-state index is 5.69. The van der Waals surface area contributed by atoms with Crippen molar-refractivity contribution in [3.8, 4) is 5.75 Å². The Morgan fingerprint density at radius 2 is 2.06 bits per heavy atom. The number of hydrogen-bond acceptors (Lipinski definition) is 2. The molecule has 0 aliphatic rings. The SMILES string of the molecule is CCOc1ccc(Br)cc1C(Br)c1sccc1Br. The lowest BCUT2D eigenvalue weighted by Gasteiger charge is -2.15. The van der Waals surface area contributed by atoms with Gasteiger partial charge in [0, 0.05) is 19.4 Å². The lowest BCUT2D eigenvalue weighted by atomic mass is 10.1. The highest BCUT2D eigenvalue weighted by Crippen LogP contribution is 2.43. The minimum absolute atomic E-state index is 0.130. The molecular formula is C13H11Br3OS. The minimum Gasteiger partial charge on any atom is -0.494 e. The van der Waals surface area contributed by atoms with E-state index in [1.165, 1.54) is 4.88 Å². The normalized spacial score (nSPS) is 12.4. The van der Waals surface area contributed by atoms with Gasteiger partial charge in [0.1, 0.15) is 5.75 Å². The van der Waals surface area contributed by atoms with Crippen molar-refractivity contribution in [2.24, 2.45) is 0 Å². The molecule has 2 rings (SSSR count). The molecule has 0 spiro atoms. The van der Waals surface area contributed by atoms with Crippen LogP contribution in [0, 0.1) is 0 Å². The highest BCUT2D eigenvalue weighted by Gasteiger charge is 2.19. The number of benzene rings is 1. The van der Waals surface area contributed by atoms with E-state index in [0.29, 0.717) is 6.61 Å². The third-order valence-corrected chi connectivity index (χ3v) is 6.10. The van der Waals surface area contributed by atoms with Gasteiger partial charge in [-0.3, -0.25) is 0 Å². The summed E-state index contributed by atoms with van der Waals surface area (Å²) in [7, 11) is 0. The first-order valence-corrected chi connectivity index (χ1v) is 8.80. The summed E-state index contributed by atoms with van der Waals surface area (Å²) in [5, 5.41) is 2.08. The molecule has 0 saturated heterocycles. The van der Waals surface area contributed by atoms with E-state index in [4.69, 9.17) is 4.74 Å². The summed E-state index contributed by atoms with van der Waals surface area (Å²) in [5.41, 5.74) is 1.13. The van der Waals surface area contributed by atoms with Crippen molar-refractivity contribution in [3.63, 3.8) is 0 Å². The van der Waals surface area contributed by atoms with Gasteiger partial charge in [-0.05, 0) is 52.5 Å². The lowest BCUT2D eigenvalue weighted by molar-refractivity contribution is 0.337. The van der Waals surface area contributed by atoms with Crippen LogP contribution < -0.4 is 4.74 Å². The van der Waals surface area contributed by atoms with Crippen molar-refractivity contribution < 1.29 is 4.74 Å². The van der Waals surface area contributed by atoms with Crippen LogP contribution in [0.1, 0.15) is 22.2 Å². The number of alkyl halides is 1. The summed E-state index contributed by atoms with van der Waals surface area (Å²) in [4.78, 5) is 1.37. The first kappa shape index (κ1) is 14.6. The van der Waals surface area contributed by atoms with E-state index in [-0.39, 0.29) is 4.83 Å². The molecule has 1 heterocycles. The fraction of sp³-hybridized carbons (Fsp3) is 0.231. The largest absolute Gasteiger partial charge is 0.494 e. The Morgan fingerprint density at radius 1 is 1.28 bits per heavy atom. The molecule has 96 valence electrons. The predicted octanol–water partition coefficient (Wildman–Crippen LogP) is 6.16. The molecule has 1 unspecified atom stereocenters. The number of ether oxygens (including phenoxy) is 1. The Labute approximate surface area is 136 Å². The zero-order valence-corrected chi connectivity index (χ0v) is 15.2. The Morgan fingerprint density at radius 3 is 2.67 bits per heavy atom. The Hall–Kier alpha value is 0.160. The summed E-state index contributed by atoms with van der Waals surface area (Å²) in [5.74, 6) is 0.919. The summed E-state index contributed by atoms with van der Waals surface area (Å²) in [6.07, 6.45) is 0. The molecule has 0 bridgehead atoms. The average molecular weight is 455 g/mol. The van der Waals surface area contributed by atoms with E-state index in [0.717, 1.165) is 20.3 Å². The maximum Gasteiger partial charge on any atom is 0.124 e. The van der Waals surface area contributed by atoms with E-state index >= 15 is 0 Å². The Kier molecular flexibility index (Phi) is 5.30. The van der Waals surface area contributed by atoms with Crippen molar-refractivity contribution in [3.05, 3.63) is 49.0 Å². The van der Waals surface area contributed by atoms with E-state index in [2.05, 4.69) is 65.3 Å². The molecule has 5 heteroatoms. The van der Waals surface area contributed by atoms with Crippen LogP contribution in [0.4, 0.5) is 0 Å². The summed E-state index contributed by atoms with van der Waals surface area (Å²) in [6.45, 7) is 2.66. The van der Waals surface area contributed by atoms with Gasteiger partial charge < -0.3 is 4.74 Å². The third-order valence-electron chi connectivity index (χ3n) is 2.42. The number of halogens is 3. The molecule has 0 N–H and O–H groups in total. The molecule has 1 atom stereocenters. The second kappa shape index (κ2) is 6.55. The van der Waals surface area contributed by atoms with Crippen LogP contribution in [0.2, 0.25) is 0 Å². The molecule has 1 aromatic carbocycles. The van der Waals surface area contributed by atoms with Crippen molar-refractivity contribution in [2.45, 2.75) is 11.8 Å². The van der Waals surface area contributed by atoms with Gasteiger partial charge in [0.05, 0.1) is 11.4 Å². The zero-order chi connectivity index (χ0) is 13.1. The predicted molar refractivity (Wildman–Crippen MR) is 88.1 cm³/mol. The molecule has 1 aromatic heterocycles. The second-order valence-corrected chi connectivity index (χ2v) is 7.24. The van der Waals surface area contributed by atoms with Gasteiger partial charge in [-0.2, -0.15) is 0 Å². The highest BCUT2D eigenvalue weighted by atomic mass is 79.9. The van der Waals surface area contributed by atoms with Gasteiger partial charge in [-0.25, -0.2) is 0 Å². The summed E-state index contributed by atoms with van der Waals surface area (Å²) in [6, 6.07) is 8.15. The third kappa shape index (κ3) is 3.18. The Bertz CT molecular complexity index is 539. The van der Waals surface area contributed by atoms with Crippen molar-refractivity contribution >= 4 is 59.1 Å². The monoisotopic (exact) mass is 452 g/mol. The molecule has 0 radical (unpaired) electrons. The van der Waals surface area contributed by atoms with Crippen LogP contribution in [-0.4, -0.2) is 6.61 Å². The van der Waals surface area contributed by atoms with Crippen molar-refractivity contribution in [2.75, 3.05) is 6.61 Å². The quantitative estimate of drug-likeness (QED) is 0.503. The minimum atomic E-state index is 0.130. The molecule has 0 aliphatic carbocycles. The fourth-order valence-electron chi connectivity index (χ4n) is 1.63.